The van der Waals surface area contributed by atoms with Crippen LogP contribution in [0.25, 0.3) is 0 Å². The highest BCUT2D eigenvalue weighted by Crippen LogP contribution is 2.06. The Morgan fingerprint density at radius 1 is 1.50 bits per heavy atom. The first kappa shape index (κ1) is 8.61. The van der Waals surface area contributed by atoms with Gasteiger partial charge in [-0.15, -0.1) is 0 Å². The summed E-state index contributed by atoms with van der Waals surface area (Å²) in [6, 6.07) is 4.70. The molecule has 0 aliphatic rings. The van der Waals surface area contributed by atoms with Gasteiger partial charge in [-0.05, 0) is 17.1 Å². The van der Waals surface area contributed by atoms with E-state index in [1.54, 1.807) is 12.1 Å². The van der Waals surface area contributed by atoms with Crippen LogP contribution in [0.5, 0.6) is 5.75 Å². The Bertz CT molecular complexity index is 301. The van der Waals surface area contributed by atoms with Crippen LogP contribution in [0.4, 0.5) is 0 Å². The van der Waals surface area contributed by atoms with E-state index in [-0.39, 0.29) is 5.75 Å². The van der Waals surface area contributed by atoms with Crippen molar-refractivity contribution in [1.82, 2.24) is 0 Å². The summed E-state index contributed by atoms with van der Waals surface area (Å²) < 4.78 is 0. The van der Waals surface area contributed by atoms with Crippen molar-refractivity contribution in [1.29, 1.82) is 0 Å². The average molecular weight is 163 g/mol. The molecule has 0 aromatic heterocycles. The van der Waals surface area contributed by atoms with E-state index < -0.39 is 0 Å². The van der Waals surface area contributed by atoms with Crippen molar-refractivity contribution in [2.75, 3.05) is 0 Å². The van der Waals surface area contributed by atoms with Crippen LogP contribution in [0.1, 0.15) is 5.56 Å². The molecule has 0 amide bonds. The van der Waals surface area contributed by atoms with Gasteiger partial charge in [0.25, 0.3) is 0 Å². The third kappa shape index (κ3) is 1.76. The Morgan fingerprint density at radius 3 is 2.75 bits per heavy atom. The first-order chi connectivity index (χ1) is 5.77. The Kier molecular flexibility index (Phi) is 2.71. The molecule has 0 bridgehead atoms. The minimum atomic E-state index is -0.00472. The maximum atomic E-state index is 9.22. The first-order valence-electron chi connectivity index (χ1n) is 3.31. The van der Waals surface area contributed by atoms with Crippen molar-refractivity contribution in [3.05, 3.63) is 23.8 Å². The molecule has 0 unspecified atom stereocenters. The molecule has 0 saturated carbocycles. The highest BCUT2D eigenvalue weighted by atomic mass is 16.3. The van der Waals surface area contributed by atoms with Crippen LogP contribution in [0.2, 0.25) is 0 Å². The molecule has 1 aromatic rings. The number of aromatic hydroxyl groups is 1. The van der Waals surface area contributed by atoms with Crippen LogP contribution < -0.4 is 11.3 Å². The molecule has 0 atom stereocenters. The van der Waals surface area contributed by atoms with Crippen LogP contribution in [0, 0.1) is 0 Å². The van der Waals surface area contributed by atoms with Crippen LogP contribution in [0.15, 0.2) is 23.3 Å². The van der Waals surface area contributed by atoms with Crippen LogP contribution in [-0.2, 0) is 0 Å². The molecule has 0 heterocycles. The lowest BCUT2D eigenvalue weighted by molar-refractivity contribution is 0.478. The van der Waals surface area contributed by atoms with Gasteiger partial charge in [-0.2, -0.15) is 5.10 Å². The fourth-order valence-electron chi connectivity index (χ4n) is 0.836. The number of hydrogen-bond acceptors (Lipinski definition) is 4. The fraction of sp³-hybridized carbons (Fsp3) is 0. The van der Waals surface area contributed by atoms with Gasteiger partial charge in [0.1, 0.15) is 5.75 Å². The predicted molar refractivity (Wildman–Crippen MR) is 47.5 cm³/mol. The molecule has 0 aliphatic heterocycles. The van der Waals surface area contributed by atoms with Gasteiger partial charge in [0, 0.05) is 0 Å². The molecule has 0 saturated heterocycles. The number of benzene rings is 1. The molecule has 61 valence electrons. The Morgan fingerprint density at radius 2 is 2.25 bits per heavy atom. The predicted octanol–water partition coefficient (Wildman–Crippen LogP) is -1.08. The largest absolute Gasteiger partial charge is 0.508 e. The van der Waals surface area contributed by atoms with Crippen molar-refractivity contribution in [2.45, 2.75) is 0 Å². The third-order valence-electron chi connectivity index (χ3n) is 1.42. The lowest BCUT2D eigenvalue weighted by atomic mass is 9.87. The van der Waals surface area contributed by atoms with Crippen molar-refractivity contribution >= 4 is 19.2 Å². The summed E-state index contributed by atoms with van der Waals surface area (Å²) in [6.45, 7) is 0. The molecule has 1 aromatic carbocycles. The zero-order valence-electron chi connectivity index (χ0n) is 6.31. The highest BCUT2D eigenvalue weighted by molar-refractivity contribution is 6.46. The van der Waals surface area contributed by atoms with Crippen molar-refractivity contribution in [3.63, 3.8) is 0 Å². The number of hydrogen-bond donors (Lipinski definition) is 3. The maximum absolute atomic E-state index is 9.22. The topological polar surface area (TPSA) is 78.8 Å². The second-order valence-electron chi connectivity index (χ2n) is 2.23. The SMILES string of the molecule is N/N=C/c1ccc([B]O)c(O)c1. The number of nitrogens with zero attached hydrogens (tertiary/aromatic N) is 1. The van der Waals surface area contributed by atoms with Gasteiger partial charge in [-0.3, -0.25) is 0 Å². The molecule has 4 nitrogen and oxygen atoms in total. The van der Waals surface area contributed by atoms with Crippen molar-refractivity contribution < 1.29 is 10.1 Å². The van der Waals surface area contributed by atoms with Crippen molar-refractivity contribution in [3.8, 4) is 5.75 Å². The summed E-state index contributed by atoms with van der Waals surface area (Å²) in [5, 5.41) is 21.1. The molecule has 1 rings (SSSR count). The van der Waals surface area contributed by atoms with Gasteiger partial charge in [-0.1, -0.05) is 12.1 Å². The summed E-state index contributed by atoms with van der Waals surface area (Å²) in [6.07, 6.45) is 1.40. The molecule has 0 spiro atoms. The average Bonchev–Trinajstić information content (AvgIpc) is 2.05. The fourth-order valence-corrected chi connectivity index (χ4v) is 0.836. The van der Waals surface area contributed by atoms with Gasteiger partial charge in [0.2, 0.25) is 0 Å². The van der Waals surface area contributed by atoms with E-state index in [2.05, 4.69) is 5.10 Å². The number of rotatable bonds is 2. The molecule has 1 radical (unpaired) electrons. The van der Waals surface area contributed by atoms with Gasteiger partial charge in [0.15, 0.2) is 0 Å². The summed E-state index contributed by atoms with van der Waals surface area (Å²) in [5.74, 6) is 4.91. The minimum absolute atomic E-state index is 0.00472. The normalized spacial score (nSPS) is 10.4. The summed E-state index contributed by atoms with van der Waals surface area (Å²) in [5.41, 5.74) is 1.05. The molecular formula is C7H8BN2O2. The zero-order valence-corrected chi connectivity index (χ0v) is 6.31. The molecule has 0 aliphatic carbocycles. The second kappa shape index (κ2) is 3.78. The van der Waals surface area contributed by atoms with E-state index in [9.17, 15) is 5.11 Å². The van der Waals surface area contributed by atoms with Gasteiger partial charge >= 0.3 is 7.48 Å². The lowest BCUT2D eigenvalue weighted by Gasteiger charge is -1.99. The quantitative estimate of drug-likeness (QED) is 0.224. The Labute approximate surface area is 70.6 Å². The van der Waals surface area contributed by atoms with Crippen LogP contribution in [-0.4, -0.2) is 23.8 Å². The van der Waals surface area contributed by atoms with Gasteiger partial charge < -0.3 is 16.0 Å². The molecule has 12 heavy (non-hydrogen) atoms. The van der Waals surface area contributed by atoms with Crippen LogP contribution >= 0.6 is 0 Å². The number of hydrazone groups is 1. The molecule has 5 heteroatoms. The summed E-state index contributed by atoms with van der Waals surface area (Å²) in [7, 11) is 0.832. The van der Waals surface area contributed by atoms with E-state index in [0.717, 1.165) is 7.48 Å². The van der Waals surface area contributed by atoms with E-state index in [1.807, 2.05) is 0 Å². The highest BCUT2D eigenvalue weighted by Gasteiger charge is 2.00. The first-order valence-corrected chi connectivity index (χ1v) is 3.31. The van der Waals surface area contributed by atoms with Crippen LogP contribution in [0.3, 0.4) is 0 Å². The van der Waals surface area contributed by atoms with Gasteiger partial charge in [-0.25, -0.2) is 0 Å². The number of phenols is 1. The minimum Gasteiger partial charge on any atom is -0.508 e. The Hall–Kier alpha value is -1.49. The van der Waals surface area contributed by atoms with E-state index in [1.165, 1.54) is 12.3 Å². The third-order valence-corrected chi connectivity index (χ3v) is 1.42. The Balaban J connectivity index is 3.01. The van der Waals surface area contributed by atoms with E-state index in [4.69, 9.17) is 10.9 Å². The van der Waals surface area contributed by atoms with Gasteiger partial charge in [0.05, 0.1) is 6.21 Å². The standard InChI is InChI=1S/C7H8BN2O2/c9-10-4-5-1-2-6(8-12)7(11)3-5/h1-4,11-12H,9H2/b10-4+. The summed E-state index contributed by atoms with van der Waals surface area (Å²) in [4.78, 5) is 0. The summed E-state index contributed by atoms with van der Waals surface area (Å²) >= 11 is 0. The second-order valence-corrected chi connectivity index (χ2v) is 2.23. The van der Waals surface area contributed by atoms with E-state index in [0.29, 0.717) is 11.0 Å². The molecule has 0 fully saturated rings. The van der Waals surface area contributed by atoms with E-state index >= 15 is 0 Å². The van der Waals surface area contributed by atoms with Crippen molar-refractivity contribution in [2.24, 2.45) is 10.9 Å². The molecular weight excluding hydrogens is 155 g/mol. The smallest absolute Gasteiger partial charge is 0.330 e. The monoisotopic (exact) mass is 163 g/mol. The number of nitrogens with two attached hydrogens (primary N) is 1. The maximum Gasteiger partial charge on any atom is 0.330 e. The molecule has 4 N–H and O–H groups in total. The lowest BCUT2D eigenvalue weighted by Crippen LogP contribution is -2.13. The zero-order chi connectivity index (χ0) is 8.97. The number of phenolic OH excluding ortho intramolecular Hbond substituents is 1.